The first-order chi connectivity index (χ1) is 10.1. The molecule has 0 bridgehead atoms. The molecule has 0 aromatic carbocycles. The van der Waals surface area contributed by atoms with Crippen LogP contribution in [0.4, 0.5) is 11.9 Å². The quantitative estimate of drug-likeness (QED) is 0.875. The van der Waals surface area contributed by atoms with Crippen LogP contribution in [0, 0.1) is 6.92 Å². The highest BCUT2D eigenvalue weighted by atomic mass is 35.5. The van der Waals surface area contributed by atoms with Crippen LogP contribution in [0.3, 0.4) is 0 Å². The first-order valence-electron chi connectivity index (χ1n) is 6.80. The van der Waals surface area contributed by atoms with Gasteiger partial charge in [0, 0.05) is 19.3 Å². The number of rotatable bonds is 6. The zero-order valence-electron chi connectivity index (χ0n) is 12.3. The van der Waals surface area contributed by atoms with Crippen molar-refractivity contribution in [2.45, 2.75) is 27.3 Å². The highest BCUT2D eigenvalue weighted by molar-refractivity contribution is 6.28. The van der Waals surface area contributed by atoms with Gasteiger partial charge < -0.3 is 10.2 Å². The number of aryl methyl sites for hydroxylation is 1. The molecule has 2 heterocycles. The summed E-state index contributed by atoms with van der Waals surface area (Å²) in [5.74, 6) is 0.997. The van der Waals surface area contributed by atoms with Crippen LogP contribution in [0.25, 0.3) is 0 Å². The molecule has 2 rings (SSSR count). The second-order valence-electron chi connectivity index (χ2n) is 4.40. The largest absolute Gasteiger partial charge is 0.348 e. The van der Waals surface area contributed by atoms with Crippen molar-refractivity contribution in [1.29, 1.82) is 0 Å². The molecular weight excluding hydrogens is 290 g/mol. The maximum atomic E-state index is 5.95. The van der Waals surface area contributed by atoms with Gasteiger partial charge in [0.05, 0.1) is 24.1 Å². The fraction of sp³-hybridized carbons (Fsp3) is 0.462. The molecule has 0 atom stereocenters. The minimum Gasteiger partial charge on any atom is -0.348 e. The average Bonchev–Trinajstić information content (AvgIpc) is 2.47. The molecular formula is C13H18ClN7. The topological polar surface area (TPSA) is 79.7 Å². The first kappa shape index (κ1) is 15.4. The number of aromatic nitrogens is 5. The van der Waals surface area contributed by atoms with Crippen molar-refractivity contribution < 1.29 is 0 Å². The lowest BCUT2D eigenvalue weighted by molar-refractivity contribution is 0.810. The summed E-state index contributed by atoms with van der Waals surface area (Å²) in [7, 11) is 0. The number of nitrogens with one attached hydrogen (secondary N) is 1. The molecule has 0 fully saturated rings. The van der Waals surface area contributed by atoms with Gasteiger partial charge in [-0.05, 0) is 32.4 Å². The van der Waals surface area contributed by atoms with Gasteiger partial charge in [-0.15, -0.1) is 0 Å². The molecule has 2 aromatic heterocycles. The molecule has 0 saturated carbocycles. The summed E-state index contributed by atoms with van der Waals surface area (Å²) in [6, 6.07) is 0. The Hall–Kier alpha value is -2.02. The second-order valence-corrected chi connectivity index (χ2v) is 4.74. The van der Waals surface area contributed by atoms with Gasteiger partial charge >= 0.3 is 0 Å². The van der Waals surface area contributed by atoms with E-state index in [2.05, 4.69) is 30.2 Å². The molecule has 1 N–H and O–H groups in total. The minimum absolute atomic E-state index is 0.171. The Kier molecular flexibility index (Phi) is 5.21. The lowest BCUT2D eigenvalue weighted by atomic mass is 10.4. The highest BCUT2D eigenvalue weighted by Gasteiger charge is 2.10. The Labute approximate surface area is 128 Å². The van der Waals surface area contributed by atoms with E-state index in [1.54, 1.807) is 12.4 Å². The van der Waals surface area contributed by atoms with Crippen LogP contribution >= 0.6 is 11.6 Å². The van der Waals surface area contributed by atoms with Crippen molar-refractivity contribution in [3.05, 3.63) is 29.1 Å². The summed E-state index contributed by atoms with van der Waals surface area (Å²) >= 11 is 5.95. The molecule has 7 nitrogen and oxygen atoms in total. The van der Waals surface area contributed by atoms with Crippen LogP contribution in [0.2, 0.25) is 5.28 Å². The van der Waals surface area contributed by atoms with Gasteiger partial charge in [0.1, 0.15) is 0 Å². The standard InChI is InChI=1S/C13H18ClN7/c1-4-21(5-2)13-19-11(14)18-12(20-13)17-8-10-7-15-9(3)6-16-10/h6-7H,4-5,8H2,1-3H3,(H,17,18,19,20). The van der Waals surface area contributed by atoms with Crippen LogP contribution in [-0.2, 0) is 6.54 Å². The van der Waals surface area contributed by atoms with Crippen molar-refractivity contribution in [2.75, 3.05) is 23.3 Å². The zero-order chi connectivity index (χ0) is 15.2. The van der Waals surface area contributed by atoms with Crippen LogP contribution in [0.1, 0.15) is 25.2 Å². The average molecular weight is 308 g/mol. The van der Waals surface area contributed by atoms with Gasteiger partial charge in [-0.1, -0.05) is 0 Å². The Bertz CT molecular complexity index is 584. The second kappa shape index (κ2) is 7.12. The van der Waals surface area contributed by atoms with E-state index >= 15 is 0 Å². The molecule has 8 heteroatoms. The van der Waals surface area contributed by atoms with Gasteiger partial charge in [0.2, 0.25) is 17.2 Å². The molecule has 112 valence electrons. The maximum absolute atomic E-state index is 5.95. The van der Waals surface area contributed by atoms with E-state index in [0.717, 1.165) is 24.5 Å². The van der Waals surface area contributed by atoms with Crippen LogP contribution in [0.5, 0.6) is 0 Å². The van der Waals surface area contributed by atoms with Crippen LogP contribution in [0.15, 0.2) is 12.4 Å². The normalized spacial score (nSPS) is 10.5. The van der Waals surface area contributed by atoms with Gasteiger partial charge in [-0.2, -0.15) is 15.0 Å². The molecule has 0 amide bonds. The van der Waals surface area contributed by atoms with Crippen molar-refractivity contribution in [1.82, 2.24) is 24.9 Å². The summed E-state index contributed by atoms with van der Waals surface area (Å²) in [5.41, 5.74) is 1.69. The molecule has 0 aliphatic heterocycles. The molecule has 0 spiro atoms. The molecule has 0 saturated heterocycles. The van der Waals surface area contributed by atoms with Crippen molar-refractivity contribution in [3.8, 4) is 0 Å². The number of nitrogens with zero attached hydrogens (tertiary/aromatic N) is 6. The SMILES string of the molecule is CCN(CC)c1nc(Cl)nc(NCc2cnc(C)cn2)n1. The van der Waals surface area contributed by atoms with E-state index in [0.29, 0.717) is 18.4 Å². The summed E-state index contributed by atoms with van der Waals surface area (Å²) in [6.45, 7) is 8.06. The molecule has 0 radical (unpaired) electrons. The lowest BCUT2D eigenvalue weighted by Gasteiger charge is -2.18. The van der Waals surface area contributed by atoms with E-state index in [4.69, 9.17) is 11.6 Å². The lowest BCUT2D eigenvalue weighted by Crippen LogP contribution is -2.25. The van der Waals surface area contributed by atoms with Crippen LogP contribution < -0.4 is 10.2 Å². The Morgan fingerprint density at radius 2 is 1.86 bits per heavy atom. The third kappa shape index (κ3) is 4.22. The number of hydrogen-bond acceptors (Lipinski definition) is 7. The smallest absolute Gasteiger partial charge is 0.231 e. The van der Waals surface area contributed by atoms with E-state index in [1.165, 1.54) is 0 Å². The predicted octanol–water partition coefficient (Wildman–Crippen LogP) is 2.08. The Balaban J connectivity index is 2.10. The Morgan fingerprint density at radius 1 is 1.10 bits per heavy atom. The van der Waals surface area contributed by atoms with Gasteiger partial charge in [-0.3, -0.25) is 9.97 Å². The fourth-order valence-corrected chi connectivity index (χ4v) is 1.90. The fourth-order valence-electron chi connectivity index (χ4n) is 1.75. The summed E-state index contributed by atoms with van der Waals surface area (Å²) in [4.78, 5) is 23.0. The predicted molar refractivity (Wildman–Crippen MR) is 82.5 cm³/mol. The monoisotopic (exact) mass is 307 g/mol. The zero-order valence-corrected chi connectivity index (χ0v) is 13.1. The van der Waals surface area contributed by atoms with E-state index in [-0.39, 0.29) is 5.28 Å². The van der Waals surface area contributed by atoms with Crippen LogP contribution in [-0.4, -0.2) is 38.0 Å². The van der Waals surface area contributed by atoms with Crippen molar-refractivity contribution >= 4 is 23.5 Å². The maximum Gasteiger partial charge on any atom is 0.231 e. The van der Waals surface area contributed by atoms with Gasteiger partial charge in [-0.25, -0.2) is 0 Å². The summed E-state index contributed by atoms with van der Waals surface area (Å²) < 4.78 is 0. The van der Waals surface area contributed by atoms with Crippen molar-refractivity contribution in [3.63, 3.8) is 0 Å². The molecule has 0 unspecified atom stereocenters. The van der Waals surface area contributed by atoms with Gasteiger partial charge in [0.25, 0.3) is 0 Å². The highest BCUT2D eigenvalue weighted by Crippen LogP contribution is 2.13. The number of halogens is 1. The Morgan fingerprint density at radius 3 is 2.48 bits per heavy atom. The van der Waals surface area contributed by atoms with Gasteiger partial charge in [0.15, 0.2) is 0 Å². The molecule has 2 aromatic rings. The van der Waals surface area contributed by atoms with E-state index < -0.39 is 0 Å². The third-order valence-corrected chi connectivity index (χ3v) is 3.07. The summed E-state index contributed by atoms with van der Waals surface area (Å²) in [6.07, 6.45) is 3.44. The minimum atomic E-state index is 0.171. The van der Waals surface area contributed by atoms with E-state index in [9.17, 15) is 0 Å². The summed E-state index contributed by atoms with van der Waals surface area (Å²) in [5, 5.41) is 3.26. The molecule has 0 aliphatic carbocycles. The number of hydrogen-bond donors (Lipinski definition) is 1. The number of anilines is 2. The molecule has 0 aliphatic rings. The first-order valence-corrected chi connectivity index (χ1v) is 7.18. The third-order valence-electron chi connectivity index (χ3n) is 2.90. The van der Waals surface area contributed by atoms with E-state index in [1.807, 2.05) is 25.7 Å². The van der Waals surface area contributed by atoms with Crippen molar-refractivity contribution in [2.24, 2.45) is 0 Å². The molecule has 21 heavy (non-hydrogen) atoms.